The summed E-state index contributed by atoms with van der Waals surface area (Å²) in [5, 5.41) is 5.52. The van der Waals surface area contributed by atoms with Crippen molar-refractivity contribution in [1.29, 1.82) is 0 Å². The molecule has 0 aromatic rings. The number of nitrogens with one attached hydrogen (secondary N) is 1. The first-order valence-corrected chi connectivity index (χ1v) is 13.2. The lowest BCUT2D eigenvalue weighted by Gasteiger charge is -2.44. The maximum atomic E-state index is 13.5. The van der Waals surface area contributed by atoms with E-state index in [1.165, 1.54) is 32.1 Å². The molecule has 3 atom stereocenters. The van der Waals surface area contributed by atoms with Gasteiger partial charge in [0.1, 0.15) is 0 Å². The standard InChI is InChI=1S/C25H41N3O2S/c1-4-8-22(25(30)28-14-7-10-21-9-5-6-11-23(21)28)18-31-19(2)20-12-15-27(16-13-20)24(29)17-26-3/h4,18-21,23,26H,1,5-17H2,2-3H3/b22-18+. The third-order valence-electron chi connectivity index (χ3n) is 7.45. The van der Waals surface area contributed by atoms with Crippen molar-refractivity contribution in [2.45, 2.75) is 76.0 Å². The Labute approximate surface area is 193 Å². The molecule has 3 aliphatic rings. The molecule has 2 heterocycles. The number of rotatable bonds is 8. The summed E-state index contributed by atoms with van der Waals surface area (Å²) in [7, 11) is 1.82. The number of carbonyl (C=O) groups excluding carboxylic acids is 2. The van der Waals surface area contributed by atoms with Gasteiger partial charge in [-0.2, -0.15) is 0 Å². The minimum atomic E-state index is 0.197. The van der Waals surface area contributed by atoms with Crippen LogP contribution in [-0.2, 0) is 9.59 Å². The van der Waals surface area contributed by atoms with Crippen LogP contribution in [0.1, 0.15) is 64.7 Å². The molecule has 0 aromatic heterocycles. The van der Waals surface area contributed by atoms with Crippen LogP contribution in [0.25, 0.3) is 0 Å². The molecule has 1 aliphatic carbocycles. The Hall–Kier alpha value is -1.27. The zero-order valence-electron chi connectivity index (χ0n) is 19.5. The summed E-state index contributed by atoms with van der Waals surface area (Å²) in [5.41, 5.74) is 0.903. The third-order valence-corrected chi connectivity index (χ3v) is 8.69. The molecule has 0 aromatic carbocycles. The van der Waals surface area contributed by atoms with Crippen LogP contribution in [0.2, 0.25) is 0 Å². The van der Waals surface area contributed by atoms with Gasteiger partial charge in [-0.25, -0.2) is 0 Å². The average molecular weight is 448 g/mol. The summed E-state index contributed by atoms with van der Waals surface area (Å²) >= 11 is 1.80. The second-order valence-electron chi connectivity index (χ2n) is 9.48. The minimum absolute atomic E-state index is 0.197. The number of likely N-dealkylation sites (tertiary alicyclic amines) is 2. The van der Waals surface area contributed by atoms with Crippen LogP contribution < -0.4 is 5.32 Å². The fourth-order valence-electron chi connectivity index (χ4n) is 5.58. The molecule has 3 unspecified atom stereocenters. The molecule has 2 amide bonds. The molecule has 2 saturated heterocycles. The van der Waals surface area contributed by atoms with Gasteiger partial charge in [-0.05, 0) is 69.2 Å². The molecule has 0 spiro atoms. The molecular weight excluding hydrogens is 406 g/mol. The fourth-order valence-corrected chi connectivity index (χ4v) is 6.65. The molecule has 1 N–H and O–H groups in total. The highest BCUT2D eigenvalue weighted by molar-refractivity contribution is 8.02. The molecule has 2 aliphatic heterocycles. The van der Waals surface area contributed by atoms with Crippen LogP contribution in [0.5, 0.6) is 0 Å². The van der Waals surface area contributed by atoms with E-state index >= 15 is 0 Å². The van der Waals surface area contributed by atoms with E-state index in [0.717, 1.165) is 44.5 Å². The maximum Gasteiger partial charge on any atom is 0.250 e. The smallest absolute Gasteiger partial charge is 0.250 e. The number of nitrogens with zero attached hydrogens (tertiary/aromatic N) is 2. The molecule has 6 heteroatoms. The van der Waals surface area contributed by atoms with E-state index in [9.17, 15) is 9.59 Å². The Morgan fingerprint density at radius 3 is 2.52 bits per heavy atom. The Morgan fingerprint density at radius 1 is 1.10 bits per heavy atom. The van der Waals surface area contributed by atoms with E-state index in [0.29, 0.717) is 36.1 Å². The normalized spacial score (nSPS) is 26.3. The number of fused-ring (bicyclic) bond motifs is 1. The highest BCUT2D eigenvalue weighted by Gasteiger charge is 2.36. The molecule has 3 fully saturated rings. The lowest BCUT2D eigenvalue weighted by atomic mass is 9.78. The Kier molecular flexibility index (Phi) is 9.51. The summed E-state index contributed by atoms with van der Waals surface area (Å²) < 4.78 is 0. The van der Waals surface area contributed by atoms with Crippen molar-refractivity contribution < 1.29 is 9.59 Å². The van der Waals surface area contributed by atoms with Gasteiger partial charge in [0.15, 0.2) is 0 Å². The highest BCUT2D eigenvalue weighted by Crippen LogP contribution is 2.37. The zero-order valence-corrected chi connectivity index (χ0v) is 20.3. The largest absolute Gasteiger partial charge is 0.342 e. The molecule has 31 heavy (non-hydrogen) atoms. The predicted octanol–water partition coefficient (Wildman–Crippen LogP) is 4.21. The number of hydrogen-bond donors (Lipinski definition) is 1. The van der Waals surface area contributed by atoms with Gasteiger partial charge in [-0.1, -0.05) is 25.8 Å². The van der Waals surface area contributed by atoms with E-state index in [1.807, 2.05) is 18.0 Å². The zero-order chi connectivity index (χ0) is 22.2. The molecule has 1 saturated carbocycles. The number of thioether (sulfide) groups is 1. The minimum Gasteiger partial charge on any atom is -0.342 e. The van der Waals surface area contributed by atoms with E-state index < -0.39 is 0 Å². The van der Waals surface area contributed by atoms with Gasteiger partial charge >= 0.3 is 0 Å². The summed E-state index contributed by atoms with van der Waals surface area (Å²) in [6.07, 6.45) is 12.1. The average Bonchev–Trinajstić information content (AvgIpc) is 2.81. The van der Waals surface area contributed by atoms with Crippen molar-refractivity contribution in [3.8, 4) is 0 Å². The van der Waals surface area contributed by atoms with Crippen LogP contribution in [0.4, 0.5) is 0 Å². The van der Waals surface area contributed by atoms with Gasteiger partial charge < -0.3 is 15.1 Å². The Morgan fingerprint density at radius 2 is 1.81 bits per heavy atom. The molecule has 3 rings (SSSR count). The second-order valence-corrected chi connectivity index (χ2v) is 10.7. The predicted molar refractivity (Wildman–Crippen MR) is 130 cm³/mol. The van der Waals surface area contributed by atoms with E-state index in [2.05, 4.69) is 29.1 Å². The fraction of sp³-hybridized carbons (Fsp3) is 0.760. The first-order chi connectivity index (χ1) is 15.0. The van der Waals surface area contributed by atoms with Gasteiger partial charge in [-0.3, -0.25) is 9.59 Å². The van der Waals surface area contributed by atoms with Crippen LogP contribution >= 0.6 is 11.8 Å². The van der Waals surface area contributed by atoms with Gasteiger partial charge in [0.25, 0.3) is 5.91 Å². The quantitative estimate of drug-likeness (QED) is 0.447. The maximum absolute atomic E-state index is 13.5. The number of likely N-dealkylation sites (N-methyl/N-ethyl adjacent to an activating group) is 1. The summed E-state index contributed by atoms with van der Waals surface area (Å²) in [6, 6.07) is 0.449. The molecule has 0 radical (unpaired) electrons. The number of hydrogen-bond acceptors (Lipinski definition) is 4. The lowest BCUT2D eigenvalue weighted by Crippen LogP contribution is -2.50. The van der Waals surface area contributed by atoms with E-state index in [4.69, 9.17) is 0 Å². The van der Waals surface area contributed by atoms with Gasteiger partial charge in [0.05, 0.1) is 6.54 Å². The Bertz CT molecular complexity index is 655. The number of piperidine rings is 2. The van der Waals surface area contributed by atoms with E-state index in [-0.39, 0.29) is 11.8 Å². The second kappa shape index (κ2) is 12.1. The summed E-state index contributed by atoms with van der Waals surface area (Å²) in [5.74, 6) is 1.72. The van der Waals surface area contributed by atoms with Crippen molar-refractivity contribution >= 4 is 23.6 Å². The molecule has 0 bridgehead atoms. The van der Waals surface area contributed by atoms with Crippen molar-refractivity contribution in [2.75, 3.05) is 33.2 Å². The topological polar surface area (TPSA) is 52.7 Å². The molecule has 5 nitrogen and oxygen atoms in total. The van der Waals surface area contributed by atoms with E-state index in [1.54, 1.807) is 11.8 Å². The van der Waals surface area contributed by atoms with Crippen molar-refractivity contribution in [2.24, 2.45) is 11.8 Å². The number of amides is 2. The monoisotopic (exact) mass is 447 g/mol. The Balaban J connectivity index is 1.57. The van der Waals surface area contributed by atoms with Crippen LogP contribution in [-0.4, -0.2) is 66.1 Å². The summed E-state index contributed by atoms with van der Waals surface area (Å²) in [6.45, 7) is 9.19. The van der Waals surface area contributed by atoms with Crippen molar-refractivity contribution in [3.05, 3.63) is 23.6 Å². The first-order valence-electron chi connectivity index (χ1n) is 12.2. The van der Waals surface area contributed by atoms with Gasteiger partial charge in [0, 0.05) is 36.5 Å². The van der Waals surface area contributed by atoms with Gasteiger partial charge in [-0.15, -0.1) is 18.3 Å². The summed E-state index contributed by atoms with van der Waals surface area (Å²) in [4.78, 5) is 29.7. The van der Waals surface area contributed by atoms with Crippen molar-refractivity contribution in [1.82, 2.24) is 15.1 Å². The van der Waals surface area contributed by atoms with Crippen LogP contribution in [0, 0.1) is 11.8 Å². The SMILES string of the molecule is C=CC/C(=C\SC(C)C1CCN(C(=O)CNC)CC1)C(=O)N1CCCC2CCCCC21. The van der Waals surface area contributed by atoms with Crippen molar-refractivity contribution in [3.63, 3.8) is 0 Å². The molecular formula is C25H41N3O2S. The van der Waals surface area contributed by atoms with Crippen LogP contribution in [0.15, 0.2) is 23.6 Å². The molecule has 174 valence electrons. The highest BCUT2D eigenvalue weighted by atomic mass is 32.2. The number of allylic oxidation sites excluding steroid dienone is 1. The number of carbonyl (C=O) groups is 2. The first kappa shape index (κ1) is 24.4. The van der Waals surface area contributed by atoms with Crippen LogP contribution in [0.3, 0.4) is 0 Å². The van der Waals surface area contributed by atoms with Gasteiger partial charge in [0.2, 0.25) is 5.91 Å². The third kappa shape index (κ3) is 6.38. The lowest BCUT2D eigenvalue weighted by molar-refractivity contribution is -0.133.